The first-order chi connectivity index (χ1) is 8.09. The zero-order valence-corrected chi connectivity index (χ0v) is 9.87. The predicted octanol–water partition coefficient (Wildman–Crippen LogP) is 2.69. The average Bonchev–Trinajstić information content (AvgIpc) is 2.75. The van der Waals surface area contributed by atoms with Crippen LogP contribution in [-0.4, -0.2) is 16.1 Å². The van der Waals surface area contributed by atoms with E-state index in [1.54, 1.807) is 0 Å². The highest BCUT2D eigenvalue weighted by molar-refractivity contribution is 6.36. The number of hydrogen-bond acceptors (Lipinski definition) is 2. The van der Waals surface area contributed by atoms with Gasteiger partial charge < -0.3 is 15.8 Å². The van der Waals surface area contributed by atoms with Crippen molar-refractivity contribution in [1.29, 1.82) is 0 Å². The van der Waals surface area contributed by atoms with E-state index in [9.17, 15) is 4.79 Å². The lowest BCUT2D eigenvalue weighted by Crippen LogP contribution is -2.12. The maximum atomic E-state index is 10.5. The molecule has 0 spiro atoms. The minimum atomic E-state index is -0.848. The molecule has 0 aliphatic carbocycles. The Morgan fingerprint density at radius 1 is 1.47 bits per heavy atom. The molecule has 1 unspecified atom stereocenters. The van der Waals surface area contributed by atoms with Crippen molar-refractivity contribution in [3.05, 3.63) is 35.0 Å². The predicted molar refractivity (Wildman–Crippen MR) is 67.1 cm³/mol. The largest absolute Gasteiger partial charge is 0.481 e. The van der Waals surface area contributed by atoms with Gasteiger partial charge >= 0.3 is 5.97 Å². The zero-order chi connectivity index (χ0) is 12.4. The topological polar surface area (TPSA) is 79.1 Å². The highest BCUT2D eigenvalue weighted by Crippen LogP contribution is 2.31. The van der Waals surface area contributed by atoms with Crippen LogP contribution < -0.4 is 5.73 Å². The average molecular weight is 253 g/mol. The van der Waals surface area contributed by atoms with Gasteiger partial charge in [0.25, 0.3) is 0 Å². The van der Waals surface area contributed by atoms with Crippen LogP contribution in [0.25, 0.3) is 10.9 Å². The molecule has 90 valence electrons. The van der Waals surface area contributed by atoms with Gasteiger partial charge in [0.15, 0.2) is 0 Å². The van der Waals surface area contributed by atoms with E-state index in [-0.39, 0.29) is 12.5 Å². The summed E-state index contributed by atoms with van der Waals surface area (Å²) in [4.78, 5) is 13.6. The Kier molecular flexibility index (Phi) is 3.36. The van der Waals surface area contributed by atoms with Crippen LogP contribution >= 0.6 is 11.6 Å². The van der Waals surface area contributed by atoms with Gasteiger partial charge in [0.1, 0.15) is 0 Å². The minimum Gasteiger partial charge on any atom is -0.481 e. The summed E-state index contributed by atoms with van der Waals surface area (Å²) in [5.74, 6) is -0.848. The van der Waals surface area contributed by atoms with Gasteiger partial charge in [0.2, 0.25) is 0 Å². The summed E-state index contributed by atoms with van der Waals surface area (Å²) in [6.45, 7) is 0. The molecule has 5 heteroatoms. The van der Waals surface area contributed by atoms with Crippen LogP contribution in [0, 0.1) is 0 Å². The van der Waals surface area contributed by atoms with E-state index in [0.29, 0.717) is 11.4 Å². The quantitative estimate of drug-likeness (QED) is 0.783. The molecular formula is C12H13ClN2O2. The standard InChI is InChI=1S/C12H13ClN2O2/c13-12-7(9(14)2-4-11(16)17)1-3-10-8(12)5-6-15-10/h1,3,5-6,9,15H,2,4,14H2,(H,16,17). The van der Waals surface area contributed by atoms with Crippen LogP contribution in [0.4, 0.5) is 0 Å². The molecular weight excluding hydrogens is 240 g/mol. The third kappa shape index (κ3) is 2.43. The van der Waals surface area contributed by atoms with E-state index >= 15 is 0 Å². The smallest absolute Gasteiger partial charge is 0.303 e. The van der Waals surface area contributed by atoms with Crippen molar-refractivity contribution < 1.29 is 9.90 Å². The zero-order valence-electron chi connectivity index (χ0n) is 9.11. The van der Waals surface area contributed by atoms with E-state index in [4.69, 9.17) is 22.4 Å². The van der Waals surface area contributed by atoms with E-state index in [0.717, 1.165) is 16.5 Å². The summed E-state index contributed by atoms with van der Waals surface area (Å²) < 4.78 is 0. The van der Waals surface area contributed by atoms with Crippen LogP contribution in [0.15, 0.2) is 24.4 Å². The molecule has 1 aromatic carbocycles. The summed E-state index contributed by atoms with van der Waals surface area (Å²) in [7, 11) is 0. The number of benzene rings is 1. The van der Waals surface area contributed by atoms with Crippen molar-refractivity contribution in [3.8, 4) is 0 Å². The minimum absolute atomic E-state index is 0.0443. The molecule has 4 nitrogen and oxygen atoms in total. The van der Waals surface area contributed by atoms with Crippen LogP contribution in [-0.2, 0) is 4.79 Å². The number of nitrogens with two attached hydrogens (primary N) is 1. The number of aliphatic carboxylic acids is 1. The van der Waals surface area contributed by atoms with Crippen molar-refractivity contribution in [2.45, 2.75) is 18.9 Å². The Hall–Kier alpha value is -1.52. The molecule has 0 radical (unpaired) electrons. The number of hydrogen-bond donors (Lipinski definition) is 3. The second-order valence-electron chi connectivity index (χ2n) is 3.95. The van der Waals surface area contributed by atoms with Crippen molar-refractivity contribution >= 4 is 28.5 Å². The van der Waals surface area contributed by atoms with Crippen molar-refractivity contribution in [2.75, 3.05) is 0 Å². The number of nitrogens with one attached hydrogen (secondary N) is 1. The molecule has 2 aromatic rings. The lowest BCUT2D eigenvalue weighted by molar-refractivity contribution is -0.137. The van der Waals surface area contributed by atoms with Gasteiger partial charge in [-0.1, -0.05) is 17.7 Å². The highest BCUT2D eigenvalue weighted by atomic mass is 35.5. The monoisotopic (exact) mass is 252 g/mol. The lowest BCUT2D eigenvalue weighted by Gasteiger charge is -2.13. The second kappa shape index (κ2) is 4.77. The second-order valence-corrected chi connectivity index (χ2v) is 4.32. The Morgan fingerprint density at radius 3 is 2.94 bits per heavy atom. The number of halogens is 1. The van der Waals surface area contributed by atoms with Gasteiger partial charge in [-0.2, -0.15) is 0 Å². The molecule has 2 rings (SSSR count). The molecule has 0 aliphatic heterocycles. The molecule has 0 amide bonds. The summed E-state index contributed by atoms with van der Waals surface area (Å²) in [6, 6.07) is 5.27. The van der Waals surface area contributed by atoms with Crippen LogP contribution in [0.5, 0.6) is 0 Å². The maximum absolute atomic E-state index is 10.5. The first-order valence-corrected chi connectivity index (χ1v) is 5.70. The third-order valence-electron chi connectivity index (χ3n) is 2.77. The number of aromatic nitrogens is 1. The molecule has 1 heterocycles. The summed E-state index contributed by atoms with van der Waals surface area (Å²) in [5, 5.41) is 10.1. The Labute approximate surface area is 103 Å². The fourth-order valence-electron chi connectivity index (χ4n) is 1.83. The summed E-state index contributed by atoms with van der Waals surface area (Å²) >= 11 is 6.25. The van der Waals surface area contributed by atoms with E-state index in [2.05, 4.69) is 4.98 Å². The number of fused-ring (bicyclic) bond motifs is 1. The first-order valence-electron chi connectivity index (χ1n) is 5.32. The van der Waals surface area contributed by atoms with Crippen molar-refractivity contribution in [3.63, 3.8) is 0 Å². The van der Waals surface area contributed by atoms with Crippen LogP contribution in [0.3, 0.4) is 0 Å². The first kappa shape index (κ1) is 12.0. The number of carboxylic acids is 1. The van der Waals surface area contributed by atoms with Gasteiger partial charge in [-0.25, -0.2) is 0 Å². The molecule has 1 aromatic heterocycles. The number of aromatic amines is 1. The Bertz CT molecular complexity index is 550. The summed E-state index contributed by atoms with van der Waals surface area (Å²) in [6.07, 6.45) is 2.23. The summed E-state index contributed by atoms with van der Waals surface area (Å²) in [5.41, 5.74) is 7.69. The van der Waals surface area contributed by atoms with Gasteiger partial charge in [0, 0.05) is 29.6 Å². The molecule has 4 N–H and O–H groups in total. The molecule has 0 fully saturated rings. The number of carbonyl (C=O) groups is 1. The molecule has 0 bridgehead atoms. The molecule has 0 saturated heterocycles. The molecule has 17 heavy (non-hydrogen) atoms. The lowest BCUT2D eigenvalue weighted by atomic mass is 10.0. The fraction of sp³-hybridized carbons (Fsp3) is 0.250. The molecule has 0 aliphatic rings. The van der Waals surface area contributed by atoms with E-state index in [1.165, 1.54) is 0 Å². The van der Waals surface area contributed by atoms with Gasteiger partial charge in [-0.05, 0) is 24.1 Å². The van der Waals surface area contributed by atoms with Crippen molar-refractivity contribution in [1.82, 2.24) is 4.98 Å². The van der Waals surface area contributed by atoms with Crippen molar-refractivity contribution in [2.24, 2.45) is 5.73 Å². The SMILES string of the molecule is NC(CCC(=O)O)c1ccc2[nH]ccc2c1Cl. The molecule has 0 saturated carbocycles. The maximum Gasteiger partial charge on any atom is 0.303 e. The number of carboxylic acid groups (broad SMARTS) is 1. The highest BCUT2D eigenvalue weighted by Gasteiger charge is 2.14. The normalized spacial score (nSPS) is 12.8. The van der Waals surface area contributed by atoms with E-state index < -0.39 is 5.97 Å². The Balaban J connectivity index is 2.28. The van der Waals surface area contributed by atoms with E-state index in [1.807, 2.05) is 24.4 Å². The van der Waals surface area contributed by atoms with Crippen LogP contribution in [0.2, 0.25) is 5.02 Å². The van der Waals surface area contributed by atoms with Crippen LogP contribution in [0.1, 0.15) is 24.4 Å². The number of H-pyrrole nitrogens is 1. The third-order valence-corrected chi connectivity index (χ3v) is 3.19. The Morgan fingerprint density at radius 2 is 2.24 bits per heavy atom. The van der Waals surface area contributed by atoms with Gasteiger partial charge in [0.05, 0.1) is 5.02 Å². The molecule has 1 atom stereocenters. The number of rotatable bonds is 4. The van der Waals surface area contributed by atoms with Gasteiger partial charge in [-0.3, -0.25) is 4.79 Å². The fourth-order valence-corrected chi connectivity index (χ4v) is 2.20. The van der Waals surface area contributed by atoms with Gasteiger partial charge in [-0.15, -0.1) is 0 Å².